The molecule has 0 bridgehead atoms. The molecule has 1 atom stereocenters. The molecule has 0 amide bonds. The maximum Gasteiger partial charge on any atom is 0.0416 e. The summed E-state index contributed by atoms with van der Waals surface area (Å²) >= 11 is 0. The first kappa shape index (κ1) is 14.1. The zero-order valence-corrected chi connectivity index (χ0v) is 11.2. The SMILES string of the molecule is CNCC(CNCCc1ccccn1)C(C)C. The van der Waals surface area contributed by atoms with Crippen molar-refractivity contribution in [3.8, 4) is 0 Å². The third-order valence-corrected chi connectivity index (χ3v) is 3.10. The van der Waals surface area contributed by atoms with Crippen molar-refractivity contribution < 1.29 is 0 Å². The fourth-order valence-electron chi connectivity index (χ4n) is 1.86. The lowest BCUT2D eigenvalue weighted by Gasteiger charge is -2.20. The highest BCUT2D eigenvalue weighted by Crippen LogP contribution is 2.08. The van der Waals surface area contributed by atoms with E-state index in [-0.39, 0.29) is 0 Å². The molecule has 0 aliphatic rings. The normalized spacial score (nSPS) is 12.9. The summed E-state index contributed by atoms with van der Waals surface area (Å²) in [7, 11) is 2.02. The topological polar surface area (TPSA) is 37.0 Å². The molecule has 2 N–H and O–H groups in total. The second kappa shape index (κ2) is 8.20. The van der Waals surface area contributed by atoms with Crippen LogP contribution in [0.25, 0.3) is 0 Å². The van der Waals surface area contributed by atoms with E-state index in [9.17, 15) is 0 Å². The lowest BCUT2D eigenvalue weighted by atomic mass is 9.96. The summed E-state index contributed by atoms with van der Waals surface area (Å²) < 4.78 is 0. The van der Waals surface area contributed by atoms with Gasteiger partial charge in [-0.2, -0.15) is 0 Å². The second-order valence-corrected chi connectivity index (χ2v) is 4.84. The summed E-state index contributed by atoms with van der Waals surface area (Å²) in [6.07, 6.45) is 2.86. The summed E-state index contributed by atoms with van der Waals surface area (Å²) in [5, 5.41) is 6.78. The zero-order valence-electron chi connectivity index (χ0n) is 11.2. The molecule has 0 saturated carbocycles. The Kier molecular flexibility index (Phi) is 6.82. The predicted molar refractivity (Wildman–Crippen MR) is 73.1 cm³/mol. The lowest BCUT2D eigenvalue weighted by molar-refractivity contribution is 0.354. The molecule has 0 saturated heterocycles. The fraction of sp³-hybridized carbons (Fsp3) is 0.643. The van der Waals surface area contributed by atoms with Crippen LogP contribution in [0.4, 0.5) is 0 Å². The van der Waals surface area contributed by atoms with E-state index < -0.39 is 0 Å². The third-order valence-electron chi connectivity index (χ3n) is 3.10. The van der Waals surface area contributed by atoms with Crippen LogP contribution >= 0.6 is 0 Å². The number of nitrogens with zero attached hydrogens (tertiary/aromatic N) is 1. The molecule has 1 aromatic rings. The van der Waals surface area contributed by atoms with E-state index in [1.54, 1.807) is 0 Å². The standard InChI is InChI=1S/C14H25N3/c1-12(2)13(10-15-3)11-16-9-7-14-6-4-5-8-17-14/h4-6,8,12-13,15-16H,7,9-11H2,1-3H3. The van der Waals surface area contributed by atoms with Gasteiger partial charge in [0.25, 0.3) is 0 Å². The first-order valence-electron chi connectivity index (χ1n) is 6.49. The van der Waals surface area contributed by atoms with Crippen molar-refractivity contribution in [3.05, 3.63) is 30.1 Å². The molecule has 0 aliphatic heterocycles. The van der Waals surface area contributed by atoms with Crippen molar-refractivity contribution in [2.24, 2.45) is 11.8 Å². The van der Waals surface area contributed by atoms with Crippen LogP contribution in [0.15, 0.2) is 24.4 Å². The number of nitrogens with one attached hydrogen (secondary N) is 2. The lowest BCUT2D eigenvalue weighted by Crippen LogP contribution is -2.34. The zero-order chi connectivity index (χ0) is 12.5. The Bertz CT molecular complexity index is 285. The fourth-order valence-corrected chi connectivity index (χ4v) is 1.86. The van der Waals surface area contributed by atoms with Gasteiger partial charge in [-0.05, 0) is 44.1 Å². The Hall–Kier alpha value is -0.930. The number of hydrogen-bond donors (Lipinski definition) is 2. The van der Waals surface area contributed by atoms with E-state index >= 15 is 0 Å². The van der Waals surface area contributed by atoms with Crippen LogP contribution in [0.1, 0.15) is 19.5 Å². The highest BCUT2D eigenvalue weighted by molar-refractivity contribution is 5.03. The van der Waals surface area contributed by atoms with Gasteiger partial charge >= 0.3 is 0 Å². The van der Waals surface area contributed by atoms with E-state index in [1.807, 2.05) is 25.4 Å². The molecule has 3 nitrogen and oxygen atoms in total. The Balaban J connectivity index is 2.18. The summed E-state index contributed by atoms with van der Waals surface area (Å²) in [6.45, 7) is 7.72. The molecule has 1 rings (SSSR count). The monoisotopic (exact) mass is 235 g/mol. The molecule has 0 fully saturated rings. The van der Waals surface area contributed by atoms with Crippen molar-refractivity contribution in [1.29, 1.82) is 0 Å². The van der Waals surface area contributed by atoms with Gasteiger partial charge in [-0.15, -0.1) is 0 Å². The van der Waals surface area contributed by atoms with Crippen molar-refractivity contribution in [2.45, 2.75) is 20.3 Å². The highest BCUT2D eigenvalue weighted by Gasteiger charge is 2.11. The highest BCUT2D eigenvalue weighted by atomic mass is 14.9. The van der Waals surface area contributed by atoms with Gasteiger partial charge < -0.3 is 10.6 Å². The van der Waals surface area contributed by atoms with Gasteiger partial charge in [0.15, 0.2) is 0 Å². The predicted octanol–water partition coefficient (Wildman–Crippen LogP) is 1.71. The molecule has 96 valence electrons. The molecule has 1 aromatic heterocycles. The van der Waals surface area contributed by atoms with Gasteiger partial charge in [-0.1, -0.05) is 19.9 Å². The van der Waals surface area contributed by atoms with Crippen LogP contribution in [-0.2, 0) is 6.42 Å². The van der Waals surface area contributed by atoms with Gasteiger partial charge in [0.1, 0.15) is 0 Å². The molecule has 17 heavy (non-hydrogen) atoms. The van der Waals surface area contributed by atoms with Gasteiger partial charge in [0.2, 0.25) is 0 Å². The number of pyridine rings is 1. The van der Waals surface area contributed by atoms with E-state index in [0.717, 1.165) is 31.7 Å². The first-order valence-corrected chi connectivity index (χ1v) is 6.49. The van der Waals surface area contributed by atoms with Crippen LogP contribution in [0.5, 0.6) is 0 Å². The van der Waals surface area contributed by atoms with Gasteiger partial charge in [-0.3, -0.25) is 4.98 Å². The minimum Gasteiger partial charge on any atom is -0.319 e. The van der Waals surface area contributed by atoms with Gasteiger partial charge in [-0.25, -0.2) is 0 Å². The van der Waals surface area contributed by atoms with E-state index in [0.29, 0.717) is 11.8 Å². The van der Waals surface area contributed by atoms with E-state index in [2.05, 4.69) is 35.5 Å². The number of rotatable bonds is 8. The molecule has 0 spiro atoms. The van der Waals surface area contributed by atoms with Crippen LogP contribution in [0, 0.1) is 11.8 Å². The summed E-state index contributed by atoms with van der Waals surface area (Å²) in [4.78, 5) is 4.31. The van der Waals surface area contributed by atoms with Crippen molar-refractivity contribution >= 4 is 0 Å². The van der Waals surface area contributed by atoms with Crippen LogP contribution in [0.3, 0.4) is 0 Å². The largest absolute Gasteiger partial charge is 0.319 e. The molecular formula is C14H25N3. The average Bonchev–Trinajstić information content (AvgIpc) is 2.34. The maximum atomic E-state index is 4.31. The van der Waals surface area contributed by atoms with Gasteiger partial charge in [0, 0.05) is 24.9 Å². The summed E-state index contributed by atoms with van der Waals surface area (Å²) in [5.74, 6) is 1.41. The smallest absolute Gasteiger partial charge is 0.0416 e. The maximum absolute atomic E-state index is 4.31. The van der Waals surface area contributed by atoms with E-state index in [1.165, 1.54) is 0 Å². The minimum absolute atomic E-state index is 0.698. The molecular weight excluding hydrogens is 210 g/mol. The first-order chi connectivity index (χ1) is 8.24. The Morgan fingerprint density at radius 2 is 2.06 bits per heavy atom. The van der Waals surface area contributed by atoms with E-state index in [4.69, 9.17) is 0 Å². The minimum atomic E-state index is 0.698. The van der Waals surface area contributed by atoms with Crippen LogP contribution in [0.2, 0.25) is 0 Å². The Morgan fingerprint density at radius 3 is 2.65 bits per heavy atom. The number of hydrogen-bond acceptors (Lipinski definition) is 3. The molecule has 1 heterocycles. The average molecular weight is 235 g/mol. The molecule has 0 radical (unpaired) electrons. The molecule has 1 unspecified atom stereocenters. The molecule has 3 heteroatoms. The summed E-state index contributed by atoms with van der Waals surface area (Å²) in [5.41, 5.74) is 1.16. The Morgan fingerprint density at radius 1 is 1.24 bits per heavy atom. The number of aromatic nitrogens is 1. The molecule has 0 aliphatic carbocycles. The van der Waals surface area contributed by atoms with Crippen molar-refractivity contribution in [1.82, 2.24) is 15.6 Å². The Labute approximate surface area is 105 Å². The van der Waals surface area contributed by atoms with Crippen LogP contribution in [-0.4, -0.2) is 31.7 Å². The van der Waals surface area contributed by atoms with Crippen molar-refractivity contribution in [2.75, 3.05) is 26.7 Å². The second-order valence-electron chi connectivity index (χ2n) is 4.84. The van der Waals surface area contributed by atoms with Crippen molar-refractivity contribution in [3.63, 3.8) is 0 Å². The molecule has 0 aromatic carbocycles. The quantitative estimate of drug-likeness (QED) is 0.674. The van der Waals surface area contributed by atoms with Gasteiger partial charge in [0.05, 0.1) is 0 Å². The third kappa shape index (κ3) is 5.80. The summed E-state index contributed by atoms with van der Waals surface area (Å²) in [6, 6.07) is 6.08. The van der Waals surface area contributed by atoms with Crippen LogP contribution < -0.4 is 10.6 Å².